The van der Waals surface area contributed by atoms with E-state index in [9.17, 15) is 14.7 Å². The zero-order valence-corrected chi connectivity index (χ0v) is 21.9. The Kier molecular flexibility index (Phi) is 13.2. The average Bonchev–Trinajstić information content (AvgIpc) is 2.67. The minimum absolute atomic E-state index is 0.000808. The van der Waals surface area contributed by atoms with Gasteiger partial charge in [-0.25, -0.2) is 0 Å². The molecule has 0 aliphatic heterocycles. The molecule has 3 N–H and O–H groups in total. The molecule has 32 heavy (non-hydrogen) atoms. The molecule has 0 aliphatic carbocycles. The Labute approximate surface area is 201 Å². The van der Waals surface area contributed by atoms with Gasteiger partial charge in [-0.3, -0.25) is 9.59 Å². The lowest BCUT2D eigenvalue weighted by atomic mass is 9.92. The molecule has 0 heterocycles. The van der Waals surface area contributed by atoms with E-state index in [0.717, 1.165) is 17.1 Å². The van der Waals surface area contributed by atoms with Gasteiger partial charge in [-0.1, -0.05) is 68.3 Å². The lowest BCUT2D eigenvalue weighted by Crippen LogP contribution is -2.42. The standard InChI is InChI=1S/C24H40N2O4S2/c1-17(2)13-21(30-15-19-7-9-20(27)10-8-19)23(29)26-18(3)16-32-31-12-11-25-22(28)14-24(4,5)6/h7-10,17-18,21,27H,11-16H2,1-6H3,(H,25,28)(H,26,29)/t18-,21+/m1/s1. The molecule has 0 bridgehead atoms. The maximum atomic E-state index is 12.7. The Morgan fingerprint density at radius 3 is 2.34 bits per heavy atom. The van der Waals surface area contributed by atoms with Gasteiger partial charge < -0.3 is 20.5 Å². The van der Waals surface area contributed by atoms with Gasteiger partial charge in [0.1, 0.15) is 11.9 Å². The molecule has 2 atom stereocenters. The van der Waals surface area contributed by atoms with Crippen molar-refractivity contribution in [2.24, 2.45) is 11.3 Å². The molecule has 182 valence electrons. The predicted octanol–water partition coefficient (Wildman–Crippen LogP) is 4.76. The van der Waals surface area contributed by atoms with Crippen molar-refractivity contribution in [1.82, 2.24) is 10.6 Å². The molecule has 0 aromatic heterocycles. The van der Waals surface area contributed by atoms with Crippen molar-refractivity contribution >= 4 is 33.4 Å². The zero-order chi connectivity index (χ0) is 24.1. The first-order valence-corrected chi connectivity index (χ1v) is 13.7. The van der Waals surface area contributed by atoms with Crippen LogP contribution in [0, 0.1) is 11.3 Å². The van der Waals surface area contributed by atoms with Crippen LogP contribution in [0.3, 0.4) is 0 Å². The van der Waals surface area contributed by atoms with Crippen molar-refractivity contribution in [2.45, 2.75) is 73.1 Å². The molecular formula is C24H40N2O4S2. The van der Waals surface area contributed by atoms with E-state index < -0.39 is 6.10 Å². The van der Waals surface area contributed by atoms with Crippen LogP contribution in [0.4, 0.5) is 0 Å². The van der Waals surface area contributed by atoms with E-state index in [1.54, 1.807) is 45.9 Å². The van der Waals surface area contributed by atoms with E-state index in [0.29, 0.717) is 31.9 Å². The van der Waals surface area contributed by atoms with E-state index in [2.05, 4.69) is 45.3 Å². The van der Waals surface area contributed by atoms with Gasteiger partial charge in [0, 0.05) is 30.5 Å². The first-order chi connectivity index (χ1) is 15.0. The molecule has 1 aromatic carbocycles. The summed E-state index contributed by atoms with van der Waals surface area (Å²) in [6, 6.07) is 6.83. The van der Waals surface area contributed by atoms with Gasteiger partial charge in [-0.15, -0.1) is 0 Å². The van der Waals surface area contributed by atoms with E-state index in [1.165, 1.54) is 0 Å². The summed E-state index contributed by atoms with van der Waals surface area (Å²) >= 11 is 0. The molecule has 1 aromatic rings. The summed E-state index contributed by atoms with van der Waals surface area (Å²) in [5, 5.41) is 15.4. The second-order valence-corrected chi connectivity index (χ2v) is 12.3. The third-order valence-electron chi connectivity index (χ3n) is 4.35. The predicted molar refractivity (Wildman–Crippen MR) is 136 cm³/mol. The van der Waals surface area contributed by atoms with Gasteiger partial charge in [-0.05, 0) is 42.4 Å². The zero-order valence-electron chi connectivity index (χ0n) is 20.3. The summed E-state index contributed by atoms with van der Waals surface area (Å²) in [5.74, 6) is 2.14. The van der Waals surface area contributed by atoms with Crippen molar-refractivity contribution in [1.29, 1.82) is 0 Å². The quantitative estimate of drug-likeness (QED) is 0.261. The number of carbonyl (C=O) groups is 2. The Balaban J connectivity index is 2.31. The summed E-state index contributed by atoms with van der Waals surface area (Å²) in [7, 11) is 3.39. The van der Waals surface area contributed by atoms with Crippen molar-refractivity contribution in [2.75, 3.05) is 18.1 Å². The number of rotatable bonds is 14. The molecule has 1 rings (SSSR count). The molecule has 0 saturated carbocycles. The fourth-order valence-corrected chi connectivity index (χ4v) is 5.02. The van der Waals surface area contributed by atoms with E-state index in [1.807, 2.05) is 6.92 Å². The van der Waals surface area contributed by atoms with Gasteiger partial charge >= 0.3 is 0 Å². The monoisotopic (exact) mass is 484 g/mol. The fourth-order valence-electron chi connectivity index (χ4n) is 2.83. The van der Waals surface area contributed by atoms with Gasteiger partial charge in [-0.2, -0.15) is 0 Å². The molecular weight excluding hydrogens is 444 g/mol. The van der Waals surface area contributed by atoms with Crippen molar-refractivity contribution in [3.05, 3.63) is 29.8 Å². The summed E-state index contributed by atoms with van der Waals surface area (Å²) in [6.07, 6.45) is 0.662. The van der Waals surface area contributed by atoms with Gasteiger partial charge in [0.15, 0.2) is 0 Å². The number of nitrogens with one attached hydrogen (secondary N) is 2. The molecule has 2 amide bonds. The highest BCUT2D eigenvalue weighted by molar-refractivity contribution is 8.76. The first-order valence-electron chi connectivity index (χ1n) is 11.2. The topological polar surface area (TPSA) is 87.7 Å². The Hall–Kier alpha value is -1.38. The SMILES string of the molecule is CC(C)C[C@H](OCc1ccc(O)cc1)C(=O)N[C@H](C)CSSCCNC(=O)CC(C)(C)C. The maximum Gasteiger partial charge on any atom is 0.249 e. The van der Waals surface area contributed by atoms with Gasteiger partial charge in [0.25, 0.3) is 0 Å². The molecule has 0 unspecified atom stereocenters. The summed E-state index contributed by atoms with van der Waals surface area (Å²) < 4.78 is 5.91. The van der Waals surface area contributed by atoms with Crippen LogP contribution in [0.5, 0.6) is 5.75 Å². The van der Waals surface area contributed by atoms with Crippen LogP contribution in [-0.4, -0.2) is 47.1 Å². The van der Waals surface area contributed by atoms with E-state index >= 15 is 0 Å². The fraction of sp³-hybridized carbons (Fsp3) is 0.667. The highest BCUT2D eigenvalue weighted by Crippen LogP contribution is 2.22. The molecule has 8 heteroatoms. The second kappa shape index (κ2) is 14.7. The lowest BCUT2D eigenvalue weighted by Gasteiger charge is -2.22. The number of phenols is 1. The normalized spacial score (nSPS) is 13.6. The number of hydrogen-bond donors (Lipinski definition) is 3. The van der Waals surface area contributed by atoms with Crippen LogP contribution in [0.2, 0.25) is 0 Å². The highest BCUT2D eigenvalue weighted by atomic mass is 33.1. The third kappa shape index (κ3) is 13.9. The number of benzene rings is 1. The third-order valence-corrected chi connectivity index (χ3v) is 6.94. The first kappa shape index (κ1) is 28.7. The summed E-state index contributed by atoms with van der Waals surface area (Å²) in [5.41, 5.74) is 0.917. The van der Waals surface area contributed by atoms with E-state index in [-0.39, 0.29) is 29.0 Å². The molecule has 0 aliphatic rings. The number of carbonyl (C=O) groups excluding carboxylic acids is 2. The number of ether oxygens (including phenoxy) is 1. The number of hydrogen-bond acceptors (Lipinski definition) is 6. The van der Waals surface area contributed by atoms with Crippen LogP contribution in [0.15, 0.2) is 24.3 Å². The Morgan fingerprint density at radius 1 is 1.09 bits per heavy atom. The average molecular weight is 485 g/mol. The minimum atomic E-state index is -0.512. The molecule has 0 spiro atoms. The second-order valence-electron chi connectivity index (χ2n) is 9.70. The molecule has 6 nitrogen and oxygen atoms in total. The van der Waals surface area contributed by atoms with Gasteiger partial charge in [0.2, 0.25) is 11.8 Å². The summed E-state index contributed by atoms with van der Waals surface area (Å²) in [6.45, 7) is 13.3. The maximum absolute atomic E-state index is 12.7. The molecule has 0 fully saturated rings. The number of amides is 2. The van der Waals surface area contributed by atoms with E-state index in [4.69, 9.17) is 4.74 Å². The Morgan fingerprint density at radius 2 is 1.75 bits per heavy atom. The van der Waals surface area contributed by atoms with Gasteiger partial charge in [0.05, 0.1) is 6.61 Å². The van der Waals surface area contributed by atoms with Crippen LogP contribution < -0.4 is 10.6 Å². The largest absolute Gasteiger partial charge is 0.508 e. The number of aromatic hydroxyl groups is 1. The smallest absolute Gasteiger partial charge is 0.249 e. The Bertz CT molecular complexity index is 690. The van der Waals surface area contributed by atoms with Crippen molar-refractivity contribution < 1.29 is 19.4 Å². The summed E-state index contributed by atoms with van der Waals surface area (Å²) in [4.78, 5) is 24.6. The van der Waals surface area contributed by atoms with Crippen molar-refractivity contribution in [3.63, 3.8) is 0 Å². The molecule has 0 radical (unpaired) electrons. The highest BCUT2D eigenvalue weighted by Gasteiger charge is 2.22. The van der Waals surface area contributed by atoms with Crippen LogP contribution in [0.1, 0.15) is 59.9 Å². The number of phenolic OH excluding ortho intramolecular Hbond substituents is 1. The van der Waals surface area contributed by atoms with Crippen LogP contribution in [-0.2, 0) is 20.9 Å². The van der Waals surface area contributed by atoms with Crippen molar-refractivity contribution in [3.8, 4) is 5.75 Å². The van der Waals surface area contributed by atoms with Crippen LogP contribution >= 0.6 is 21.6 Å². The molecule has 0 saturated heterocycles. The lowest BCUT2D eigenvalue weighted by molar-refractivity contribution is -0.135. The van der Waals surface area contributed by atoms with Crippen LogP contribution in [0.25, 0.3) is 0 Å². The minimum Gasteiger partial charge on any atom is -0.508 e.